The molecule has 0 atom stereocenters. The van der Waals surface area contributed by atoms with Gasteiger partial charge in [-0.25, -0.2) is 0 Å². The van der Waals surface area contributed by atoms with E-state index in [9.17, 15) is 0 Å². The van der Waals surface area contributed by atoms with Crippen LogP contribution in [0.1, 0.15) is 28.7 Å². The maximum Gasteiger partial charge on any atom is -0.00227 e. The Hall–Kier alpha value is -3.12. The van der Waals surface area contributed by atoms with Gasteiger partial charge in [-0.1, -0.05) is 103 Å². The summed E-state index contributed by atoms with van der Waals surface area (Å²) in [6.07, 6.45) is 11.1. The molecule has 0 unspecified atom stereocenters. The lowest BCUT2D eigenvalue weighted by Crippen LogP contribution is -1.94. The van der Waals surface area contributed by atoms with E-state index >= 15 is 0 Å². The Morgan fingerprint density at radius 2 is 1.39 bits per heavy atom. The number of hydrogen-bond donors (Lipinski definition) is 0. The predicted octanol–water partition coefficient (Wildman–Crippen LogP) is 7.48. The molecule has 0 bridgehead atoms. The van der Waals surface area contributed by atoms with Crippen molar-refractivity contribution in [2.24, 2.45) is 0 Å². The minimum atomic E-state index is 0.954. The van der Waals surface area contributed by atoms with Crippen molar-refractivity contribution in [3.63, 3.8) is 0 Å². The first-order valence-corrected chi connectivity index (χ1v) is 9.99. The average Bonchev–Trinajstić information content (AvgIpc) is 2.95. The second kappa shape index (κ2) is 8.27. The van der Waals surface area contributed by atoms with Crippen LogP contribution in [0.4, 0.5) is 0 Å². The first kappa shape index (κ1) is 18.3. The van der Waals surface area contributed by atoms with Gasteiger partial charge in [0, 0.05) is 0 Å². The van der Waals surface area contributed by atoms with E-state index in [-0.39, 0.29) is 0 Å². The lowest BCUT2D eigenvalue weighted by molar-refractivity contribution is 1.17. The van der Waals surface area contributed by atoms with Crippen LogP contribution in [0.3, 0.4) is 0 Å². The fourth-order valence-corrected chi connectivity index (χ4v) is 3.79. The second-order valence-electron chi connectivity index (χ2n) is 7.52. The molecular formula is C28H26. The van der Waals surface area contributed by atoms with Gasteiger partial charge in [-0.2, -0.15) is 0 Å². The van der Waals surface area contributed by atoms with E-state index in [1.165, 1.54) is 44.5 Å². The number of benzene rings is 3. The normalized spacial score (nSPS) is 13.6. The van der Waals surface area contributed by atoms with Crippen molar-refractivity contribution >= 4 is 5.57 Å². The van der Waals surface area contributed by atoms with Crippen LogP contribution in [0.5, 0.6) is 0 Å². The molecule has 3 aromatic rings. The van der Waals surface area contributed by atoms with Gasteiger partial charge >= 0.3 is 0 Å². The van der Waals surface area contributed by atoms with Gasteiger partial charge in [0.2, 0.25) is 0 Å². The number of rotatable bonds is 4. The molecule has 1 aliphatic rings. The van der Waals surface area contributed by atoms with Crippen LogP contribution in [0.15, 0.2) is 103 Å². The summed E-state index contributed by atoms with van der Waals surface area (Å²) in [6.45, 7) is 4.32. The molecule has 0 heterocycles. The van der Waals surface area contributed by atoms with Crippen molar-refractivity contribution in [3.05, 3.63) is 125 Å². The highest BCUT2D eigenvalue weighted by atomic mass is 14.1. The highest BCUT2D eigenvalue weighted by molar-refractivity contribution is 5.76. The summed E-state index contributed by atoms with van der Waals surface area (Å²) < 4.78 is 0. The van der Waals surface area contributed by atoms with E-state index in [2.05, 4.69) is 111 Å². The molecule has 0 heteroatoms. The van der Waals surface area contributed by atoms with E-state index in [1.54, 1.807) is 0 Å². The maximum absolute atomic E-state index is 2.35. The molecule has 0 aliphatic heterocycles. The Morgan fingerprint density at radius 3 is 2.18 bits per heavy atom. The molecule has 28 heavy (non-hydrogen) atoms. The Kier molecular flexibility index (Phi) is 5.39. The van der Waals surface area contributed by atoms with Crippen molar-refractivity contribution in [1.82, 2.24) is 0 Å². The van der Waals surface area contributed by atoms with Gasteiger partial charge in [0.25, 0.3) is 0 Å². The molecule has 0 saturated carbocycles. The van der Waals surface area contributed by atoms with Gasteiger partial charge in [0.1, 0.15) is 0 Å². The predicted molar refractivity (Wildman–Crippen MR) is 121 cm³/mol. The summed E-state index contributed by atoms with van der Waals surface area (Å²) in [7, 11) is 0. The first-order chi connectivity index (χ1) is 13.7. The molecular weight excluding hydrogens is 336 g/mol. The van der Waals surface area contributed by atoms with Crippen molar-refractivity contribution in [3.8, 4) is 11.1 Å². The second-order valence-corrected chi connectivity index (χ2v) is 7.52. The highest BCUT2D eigenvalue weighted by Gasteiger charge is 2.09. The van der Waals surface area contributed by atoms with E-state index < -0.39 is 0 Å². The molecule has 3 aromatic carbocycles. The molecule has 138 valence electrons. The highest BCUT2D eigenvalue weighted by Crippen LogP contribution is 2.29. The van der Waals surface area contributed by atoms with E-state index in [0.29, 0.717) is 0 Å². The molecule has 0 nitrogen and oxygen atoms in total. The van der Waals surface area contributed by atoms with Gasteiger partial charge < -0.3 is 0 Å². The SMILES string of the molecule is Cc1ccc(C2=CCC=C(Cc3ccccc3-c3ccccc3C)C=C2)cc1. The van der Waals surface area contributed by atoms with Crippen LogP contribution in [0, 0.1) is 13.8 Å². The molecule has 0 saturated heterocycles. The fourth-order valence-electron chi connectivity index (χ4n) is 3.79. The van der Waals surface area contributed by atoms with Gasteiger partial charge in [-0.15, -0.1) is 0 Å². The van der Waals surface area contributed by atoms with Gasteiger partial charge in [0.15, 0.2) is 0 Å². The average molecular weight is 363 g/mol. The van der Waals surface area contributed by atoms with Crippen molar-refractivity contribution in [2.45, 2.75) is 26.7 Å². The fraction of sp³-hybridized carbons (Fsp3) is 0.143. The summed E-state index contributed by atoms with van der Waals surface area (Å²) in [4.78, 5) is 0. The zero-order valence-corrected chi connectivity index (χ0v) is 16.7. The Morgan fingerprint density at radius 1 is 0.679 bits per heavy atom. The summed E-state index contributed by atoms with van der Waals surface area (Å²) >= 11 is 0. The van der Waals surface area contributed by atoms with E-state index in [4.69, 9.17) is 0 Å². The molecule has 0 spiro atoms. The Bertz CT molecular complexity index is 1060. The molecule has 0 fully saturated rings. The minimum absolute atomic E-state index is 0.954. The molecule has 0 amide bonds. The summed E-state index contributed by atoms with van der Waals surface area (Å²) in [5.74, 6) is 0. The molecule has 1 aliphatic carbocycles. The topological polar surface area (TPSA) is 0 Å². The van der Waals surface area contributed by atoms with Crippen LogP contribution in [0.25, 0.3) is 16.7 Å². The lowest BCUT2D eigenvalue weighted by Gasteiger charge is -2.12. The van der Waals surface area contributed by atoms with Crippen molar-refractivity contribution in [2.75, 3.05) is 0 Å². The molecule has 0 aromatic heterocycles. The number of hydrogen-bond acceptors (Lipinski definition) is 0. The summed E-state index contributed by atoms with van der Waals surface area (Å²) in [5, 5.41) is 0. The van der Waals surface area contributed by atoms with Gasteiger partial charge in [-0.3, -0.25) is 0 Å². The van der Waals surface area contributed by atoms with Crippen LogP contribution < -0.4 is 0 Å². The third-order valence-corrected chi connectivity index (χ3v) is 5.43. The van der Waals surface area contributed by atoms with Crippen LogP contribution in [-0.4, -0.2) is 0 Å². The maximum atomic E-state index is 2.35. The van der Waals surface area contributed by atoms with Crippen LogP contribution in [-0.2, 0) is 6.42 Å². The van der Waals surface area contributed by atoms with Crippen molar-refractivity contribution in [1.29, 1.82) is 0 Å². The monoisotopic (exact) mass is 362 g/mol. The number of aryl methyl sites for hydroxylation is 2. The smallest absolute Gasteiger partial charge is 0.00227 e. The van der Waals surface area contributed by atoms with Gasteiger partial charge in [-0.05, 0) is 65.7 Å². The van der Waals surface area contributed by atoms with Gasteiger partial charge in [0.05, 0.1) is 0 Å². The van der Waals surface area contributed by atoms with E-state index in [1.807, 2.05) is 0 Å². The first-order valence-electron chi connectivity index (χ1n) is 9.99. The standard InChI is InChI=1S/C28H26/c1-21-14-17-25(18-15-21)24-11-7-9-23(16-19-24)20-26-10-4-6-13-28(26)27-12-5-3-8-22(27)2/h3-6,8-19H,7,20H2,1-2H3. The molecule has 0 radical (unpaired) electrons. The quantitative estimate of drug-likeness (QED) is 0.451. The summed E-state index contributed by atoms with van der Waals surface area (Å²) in [5.41, 5.74) is 10.6. The van der Waals surface area contributed by atoms with Crippen LogP contribution >= 0.6 is 0 Å². The number of allylic oxidation sites excluding steroid dienone is 6. The summed E-state index contributed by atoms with van der Waals surface area (Å²) in [6, 6.07) is 26.2. The Balaban J connectivity index is 1.58. The van der Waals surface area contributed by atoms with E-state index in [0.717, 1.165) is 12.8 Å². The largest absolute Gasteiger partial charge is 0.0772 e. The minimum Gasteiger partial charge on any atom is -0.0772 e. The van der Waals surface area contributed by atoms with Crippen molar-refractivity contribution < 1.29 is 0 Å². The zero-order valence-electron chi connectivity index (χ0n) is 16.7. The third kappa shape index (κ3) is 4.07. The Labute approximate surface area is 168 Å². The third-order valence-electron chi connectivity index (χ3n) is 5.43. The van der Waals surface area contributed by atoms with Crippen LogP contribution in [0.2, 0.25) is 0 Å². The lowest BCUT2D eigenvalue weighted by atomic mass is 9.92. The molecule has 0 N–H and O–H groups in total. The zero-order chi connectivity index (χ0) is 19.3. The molecule has 4 rings (SSSR count).